The van der Waals surface area contributed by atoms with Crippen molar-refractivity contribution in [2.24, 2.45) is 0 Å². The maximum absolute atomic E-state index is 6.32. The summed E-state index contributed by atoms with van der Waals surface area (Å²) < 4.78 is 8.61. The second kappa shape index (κ2) is 8.05. The summed E-state index contributed by atoms with van der Waals surface area (Å²) in [6.07, 6.45) is 0. The van der Waals surface area contributed by atoms with Crippen LogP contribution >= 0.6 is 0 Å². The Morgan fingerprint density at radius 2 is 1.12 bits per heavy atom. The average Bonchev–Trinajstić information content (AvgIpc) is 3.40. The molecule has 2 heterocycles. The number of imidazole rings is 1. The van der Waals surface area contributed by atoms with E-state index in [-0.39, 0.29) is 0 Å². The lowest BCUT2D eigenvalue weighted by Crippen LogP contribution is -2.06. The summed E-state index contributed by atoms with van der Waals surface area (Å²) in [5, 5.41) is 7.28. The SMILES string of the molecule is c1ccc2c(c1)Oc1cccc3nc(-c4c5ccccc5c(-c5ccc6ccccc6c5)c5ccccc45)n-2c13. The third kappa shape index (κ3) is 2.92. The van der Waals surface area contributed by atoms with E-state index in [1.54, 1.807) is 0 Å². The molecule has 0 spiro atoms. The van der Waals surface area contributed by atoms with Crippen LogP contribution in [0.4, 0.5) is 0 Å². The monoisotopic (exact) mass is 510 g/mol. The molecule has 0 fully saturated rings. The van der Waals surface area contributed by atoms with Crippen LogP contribution in [0, 0.1) is 0 Å². The predicted octanol–water partition coefficient (Wildman–Crippen LogP) is 9.92. The van der Waals surface area contributed by atoms with Crippen molar-refractivity contribution < 1.29 is 4.74 Å². The second-order valence-electron chi connectivity index (χ2n) is 10.4. The van der Waals surface area contributed by atoms with E-state index in [1.807, 2.05) is 24.3 Å². The maximum atomic E-state index is 6.32. The maximum Gasteiger partial charge on any atom is 0.153 e. The van der Waals surface area contributed by atoms with E-state index in [0.29, 0.717) is 0 Å². The van der Waals surface area contributed by atoms with Gasteiger partial charge in [0.25, 0.3) is 0 Å². The Hall–Kier alpha value is -5.41. The molecule has 0 amide bonds. The van der Waals surface area contributed by atoms with Gasteiger partial charge in [-0.25, -0.2) is 4.98 Å². The molecule has 8 aromatic rings. The molecule has 0 atom stereocenters. The number of nitrogens with zero attached hydrogens (tertiary/aromatic N) is 2. The summed E-state index contributed by atoms with van der Waals surface area (Å²) in [5.41, 5.74) is 6.53. The normalized spacial score (nSPS) is 12.2. The molecule has 0 aliphatic carbocycles. The number of fused-ring (bicyclic) bond motifs is 5. The van der Waals surface area contributed by atoms with Crippen LogP contribution in [0.2, 0.25) is 0 Å². The molecule has 186 valence electrons. The molecule has 1 aromatic heterocycles. The van der Waals surface area contributed by atoms with Crippen LogP contribution in [-0.2, 0) is 0 Å². The Bertz CT molecular complexity index is 2250. The molecule has 0 radical (unpaired) electrons. The molecular formula is C37H22N2O. The van der Waals surface area contributed by atoms with Crippen LogP contribution in [0.25, 0.3) is 71.6 Å². The Morgan fingerprint density at radius 3 is 1.90 bits per heavy atom. The lowest BCUT2D eigenvalue weighted by atomic mass is 9.87. The minimum Gasteiger partial charge on any atom is -0.453 e. The van der Waals surface area contributed by atoms with Gasteiger partial charge < -0.3 is 4.74 Å². The van der Waals surface area contributed by atoms with Crippen molar-refractivity contribution in [2.75, 3.05) is 0 Å². The van der Waals surface area contributed by atoms with Crippen molar-refractivity contribution >= 4 is 43.4 Å². The first-order valence-corrected chi connectivity index (χ1v) is 13.6. The minimum absolute atomic E-state index is 0.830. The fourth-order valence-electron chi connectivity index (χ4n) is 6.45. The first kappa shape index (κ1) is 21.5. The lowest BCUT2D eigenvalue weighted by Gasteiger charge is -2.22. The zero-order chi connectivity index (χ0) is 26.2. The van der Waals surface area contributed by atoms with E-state index in [9.17, 15) is 0 Å². The summed E-state index contributed by atoms with van der Waals surface area (Å²) in [5.74, 6) is 2.59. The quantitative estimate of drug-likeness (QED) is 0.216. The Morgan fingerprint density at radius 1 is 0.500 bits per heavy atom. The largest absolute Gasteiger partial charge is 0.453 e. The third-order valence-electron chi connectivity index (χ3n) is 8.16. The molecule has 0 unspecified atom stereocenters. The first-order valence-electron chi connectivity index (χ1n) is 13.6. The molecule has 9 rings (SSSR count). The third-order valence-corrected chi connectivity index (χ3v) is 8.16. The predicted molar refractivity (Wildman–Crippen MR) is 165 cm³/mol. The molecule has 0 saturated carbocycles. The van der Waals surface area contributed by atoms with Crippen molar-refractivity contribution in [1.29, 1.82) is 0 Å². The van der Waals surface area contributed by atoms with Crippen LogP contribution < -0.4 is 4.74 Å². The number of benzene rings is 7. The van der Waals surface area contributed by atoms with E-state index < -0.39 is 0 Å². The summed E-state index contributed by atoms with van der Waals surface area (Å²) in [4.78, 5) is 5.28. The summed E-state index contributed by atoms with van der Waals surface area (Å²) in [6.45, 7) is 0. The van der Waals surface area contributed by atoms with E-state index in [4.69, 9.17) is 9.72 Å². The zero-order valence-corrected chi connectivity index (χ0v) is 21.5. The second-order valence-corrected chi connectivity index (χ2v) is 10.4. The fraction of sp³-hybridized carbons (Fsp3) is 0. The van der Waals surface area contributed by atoms with Crippen molar-refractivity contribution in [3.63, 3.8) is 0 Å². The number of rotatable bonds is 2. The van der Waals surface area contributed by atoms with Crippen LogP contribution in [0.1, 0.15) is 0 Å². The van der Waals surface area contributed by atoms with Gasteiger partial charge in [-0.3, -0.25) is 4.57 Å². The van der Waals surface area contributed by atoms with Crippen molar-refractivity contribution in [2.45, 2.75) is 0 Å². The van der Waals surface area contributed by atoms with E-state index in [2.05, 4.69) is 114 Å². The minimum atomic E-state index is 0.830. The van der Waals surface area contributed by atoms with Gasteiger partial charge in [-0.15, -0.1) is 0 Å². The molecule has 1 aliphatic heterocycles. The molecule has 3 nitrogen and oxygen atoms in total. The topological polar surface area (TPSA) is 27.1 Å². The number of hydrogen-bond donors (Lipinski definition) is 0. The van der Waals surface area contributed by atoms with Gasteiger partial charge in [0.1, 0.15) is 11.3 Å². The van der Waals surface area contributed by atoms with Gasteiger partial charge in [-0.1, -0.05) is 103 Å². The van der Waals surface area contributed by atoms with E-state index in [1.165, 1.54) is 43.4 Å². The highest BCUT2D eigenvalue weighted by atomic mass is 16.5. The van der Waals surface area contributed by atoms with Gasteiger partial charge in [-0.05, 0) is 73.8 Å². The molecular weight excluding hydrogens is 488 g/mol. The average molecular weight is 511 g/mol. The van der Waals surface area contributed by atoms with Crippen molar-refractivity contribution in [3.05, 3.63) is 133 Å². The van der Waals surface area contributed by atoms with E-state index in [0.717, 1.165) is 39.6 Å². The van der Waals surface area contributed by atoms with Gasteiger partial charge in [0.05, 0.1) is 11.2 Å². The van der Waals surface area contributed by atoms with Gasteiger partial charge in [0, 0.05) is 5.56 Å². The van der Waals surface area contributed by atoms with Crippen LogP contribution in [0.3, 0.4) is 0 Å². The standard InChI is InChI=1S/C37H22N2O/c1-2-11-24-22-25(21-20-23(24)10-1)34-26-12-3-5-14-28(26)35(29-15-6-4-13-27(29)34)37-38-30-16-9-19-33-36(30)39(37)31-17-7-8-18-32(31)40-33/h1-22H. The van der Waals surface area contributed by atoms with E-state index >= 15 is 0 Å². The number of aromatic nitrogens is 2. The zero-order valence-electron chi connectivity index (χ0n) is 21.5. The lowest BCUT2D eigenvalue weighted by molar-refractivity contribution is 0.476. The highest BCUT2D eigenvalue weighted by molar-refractivity contribution is 6.21. The molecule has 7 aromatic carbocycles. The van der Waals surface area contributed by atoms with Crippen LogP contribution in [0.15, 0.2) is 133 Å². The number of hydrogen-bond acceptors (Lipinski definition) is 2. The first-order chi connectivity index (χ1) is 19.8. The Balaban J connectivity index is 1.45. The van der Waals surface area contributed by atoms with Gasteiger partial charge >= 0.3 is 0 Å². The highest BCUT2D eigenvalue weighted by Gasteiger charge is 2.27. The Kier molecular flexibility index (Phi) is 4.33. The summed E-state index contributed by atoms with van der Waals surface area (Å²) in [7, 11) is 0. The summed E-state index contributed by atoms with van der Waals surface area (Å²) in [6, 6.07) is 47.2. The molecule has 0 saturated heterocycles. The smallest absolute Gasteiger partial charge is 0.153 e. The van der Waals surface area contributed by atoms with Crippen LogP contribution in [-0.4, -0.2) is 9.55 Å². The molecule has 3 heteroatoms. The van der Waals surface area contributed by atoms with Crippen molar-refractivity contribution in [3.8, 4) is 39.7 Å². The van der Waals surface area contributed by atoms with Gasteiger partial charge in [-0.2, -0.15) is 0 Å². The molecule has 0 N–H and O–H groups in total. The summed E-state index contributed by atoms with van der Waals surface area (Å²) >= 11 is 0. The van der Waals surface area contributed by atoms with Crippen molar-refractivity contribution in [1.82, 2.24) is 9.55 Å². The molecule has 40 heavy (non-hydrogen) atoms. The fourth-order valence-corrected chi connectivity index (χ4v) is 6.45. The number of para-hydroxylation sites is 3. The highest BCUT2D eigenvalue weighted by Crippen LogP contribution is 2.48. The van der Waals surface area contributed by atoms with Gasteiger partial charge in [0.2, 0.25) is 0 Å². The number of ether oxygens (including phenoxy) is 1. The Labute approximate surface area is 230 Å². The van der Waals surface area contributed by atoms with Gasteiger partial charge in [0.15, 0.2) is 11.5 Å². The van der Waals surface area contributed by atoms with Crippen LogP contribution in [0.5, 0.6) is 11.5 Å². The molecule has 1 aliphatic rings. The molecule has 0 bridgehead atoms.